The molecule has 1 aliphatic heterocycles. The molecule has 1 unspecified atom stereocenters. The maximum Gasteiger partial charge on any atom is 0.232 e. The summed E-state index contributed by atoms with van der Waals surface area (Å²) in [6.45, 7) is 2.99. The minimum atomic E-state index is -3.43. The summed E-state index contributed by atoms with van der Waals surface area (Å²) in [5.41, 5.74) is 1.75. The van der Waals surface area contributed by atoms with Crippen LogP contribution in [0.1, 0.15) is 25.3 Å². The van der Waals surface area contributed by atoms with Gasteiger partial charge >= 0.3 is 0 Å². The van der Waals surface area contributed by atoms with Crippen LogP contribution in [0.3, 0.4) is 0 Å². The van der Waals surface area contributed by atoms with E-state index in [2.05, 4.69) is 5.32 Å². The SMILES string of the molecule is CCc1ccc(N(CCCC(=O)NCC2COc3ccccc3O2)S(C)(=O)=O)cc1. The molecule has 1 aliphatic rings. The Kier molecular flexibility index (Phi) is 7.20. The van der Waals surface area contributed by atoms with Crippen molar-refractivity contribution in [1.29, 1.82) is 0 Å². The number of amides is 1. The van der Waals surface area contributed by atoms with Gasteiger partial charge in [0.05, 0.1) is 18.5 Å². The molecule has 30 heavy (non-hydrogen) atoms. The molecule has 1 N–H and O–H groups in total. The average molecular weight is 433 g/mol. The van der Waals surface area contributed by atoms with Crippen molar-refractivity contribution in [3.8, 4) is 11.5 Å². The molecule has 0 saturated heterocycles. The van der Waals surface area contributed by atoms with E-state index in [1.807, 2.05) is 43.3 Å². The number of hydrogen-bond acceptors (Lipinski definition) is 5. The highest BCUT2D eigenvalue weighted by atomic mass is 32.2. The van der Waals surface area contributed by atoms with Gasteiger partial charge in [-0.3, -0.25) is 9.10 Å². The zero-order valence-electron chi connectivity index (χ0n) is 17.3. The first-order valence-electron chi connectivity index (χ1n) is 10.1. The Morgan fingerprint density at radius 2 is 1.83 bits per heavy atom. The van der Waals surface area contributed by atoms with Crippen LogP contribution in [-0.4, -0.2) is 46.4 Å². The molecule has 1 heterocycles. The number of nitrogens with one attached hydrogen (secondary N) is 1. The third-order valence-electron chi connectivity index (χ3n) is 4.89. The molecule has 7 nitrogen and oxygen atoms in total. The second-order valence-corrected chi connectivity index (χ2v) is 9.17. The molecule has 0 radical (unpaired) electrons. The maximum absolute atomic E-state index is 12.2. The summed E-state index contributed by atoms with van der Waals surface area (Å²) in [5.74, 6) is 1.22. The fraction of sp³-hybridized carbons (Fsp3) is 0.409. The van der Waals surface area contributed by atoms with Crippen molar-refractivity contribution in [2.75, 3.05) is 30.3 Å². The second-order valence-electron chi connectivity index (χ2n) is 7.26. The highest BCUT2D eigenvalue weighted by Gasteiger charge is 2.21. The van der Waals surface area contributed by atoms with Crippen molar-refractivity contribution in [3.63, 3.8) is 0 Å². The van der Waals surface area contributed by atoms with Gasteiger partial charge in [0.15, 0.2) is 11.5 Å². The number of aryl methyl sites for hydroxylation is 1. The van der Waals surface area contributed by atoms with E-state index >= 15 is 0 Å². The van der Waals surface area contributed by atoms with Crippen LogP contribution in [0, 0.1) is 0 Å². The largest absolute Gasteiger partial charge is 0.486 e. The molecule has 162 valence electrons. The number of carbonyl (C=O) groups excluding carboxylic acids is 1. The van der Waals surface area contributed by atoms with Crippen LogP contribution in [0.5, 0.6) is 11.5 Å². The zero-order valence-corrected chi connectivity index (χ0v) is 18.2. The Morgan fingerprint density at radius 1 is 1.13 bits per heavy atom. The Balaban J connectivity index is 1.46. The number of fused-ring (bicyclic) bond motifs is 1. The van der Waals surface area contributed by atoms with Crippen molar-refractivity contribution in [2.24, 2.45) is 0 Å². The number of benzene rings is 2. The van der Waals surface area contributed by atoms with Gasteiger partial charge < -0.3 is 14.8 Å². The summed E-state index contributed by atoms with van der Waals surface area (Å²) in [5, 5.41) is 2.84. The third kappa shape index (κ3) is 5.89. The lowest BCUT2D eigenvalue weighted by Crippen LogP contribution is -2.41. The summed E-state index contributed by atoms with van der Waals surface area (Å²) >= 11 is 0. The third-order valence-corrected chi connectivity index (χ3v) is 6.09. The van der Waals surface area contributed by atoms with Crippen molar-refractivity contribution in [1.82, 2.24) is 5.32 Å². The topological polar surface area (TPSA) is 84.9 Å². The number of anilines is 1. The Morgan fingerprint density at radius 3 is 2.50 bits per heavy atom. The number of para-hydroxylation sites is 2. The van der Waals surface area contributed by atoms with Gasteiger partial charge in [0, 0.05) is 13.0 Å². The van der Waals surface area contributed by atoms with Crippen molar-refractivity contribution in [3.05, 3.63) is 54.1 Å². The van der Waals surface area contributed by atoms with Crippen LogP contribution in [-0.2, 0) is 21.2 Å². The summed E-state index contributed by atoms with van der Waals surface area (Å²) < 4.78 is 37.2. The standard InChI is InChI=1S/C22H28N2O5S/c1-3-17-10-12-18(13-11-17)24(30(2,26)27)14-6-9-22(25)23-15-19-16-28-20-7-4-5-8-21(20)29-19/h4-5,7-8,10-13,19H,3,6,9,14-16H2,1-2H3,(H,23,25). The number of hydrogen-bond donors (Lipinski definition) is 1. The Bertz CT molecular complexity index is 960. The van der Waals surface area contributed by atoms with E-state index in [0.717, 1.165) is 12.0 Å². The number of rotatable bonds is 9. The van der Waals surface area contributed by atoms with E-state index in [0.29, 0.717) is 36.8 Å². The number of sulfonamides is 1. The molecule has 0 spiro atoms. The van der Waals surface area contributed by atoms with Gasteiger partial charge in [0.2, 0.25) is 15.9 Å². The van der Waals surface area contributed by atoms with Crippen LogP contribution in [0.4, 0.5) is 5.69 Å². The molecule has 3 rings (SSSR count). The molecule has 1 atom stereocenters. The molecule has 0 saturated carbocycles. The maximum atomic E-state index is 12.2. The highest BCUT2D eigenvalue weighted by molar-refractivity contribution is 7.92. The van der Waals surface area contributed by atoms with Gasteiger partial charge in [-0.15, -0.1) is 0 Å². The minimum absolute atomic E-state index is 0.146. The number of nitrogens with zero attached hydrogens (tertiary/aromatic N) is 1. The monoisotopic (exact) mass is 432 g/mol. The quantitative estimate of drug-likeness (QED) is 0.659. The van der Waals surface area contributed by atoms with Crippen molar-refractivity contribution >= 4 is 21.6 Å². The summed E-state index contributed by atoms with van der Waals surface area (Å²) in [6.07, 6.45) is 2.45. The van der Waals surface area contributed by atoms with Crippen LogP contribution >= 0.6 is 0 Å². The van der Waals surface area contributed by atoms with Crippen molar-refractivity contribution < 1.29 is 22.7 Å². The number of ether oxygens (including phenoxy) is 2. The first-order valence-corrected chi connectivity index (χ1v) is 11.9. The Labute approximate surface area is 178 Å². The van der Waals surface area contributed by atoms with E-state index in [1.165, 1.54) is 10.6 Å². The molecule has 0 aromatic heterocycles. The molecule has 8 heteroatoms. The lowest BCUT2D eigenvalue weighted by Gasteiger charge is -2.26. The van der Waals surface area contributed by atoms with E-state index in [4.69, 9.17) is 9.47 Å². The predicted octanol–water partition coefficient (Wildman–Crippen LogP) is 2.75. The molecule has 0 aliphatic carbocycles. The zero-order chi connectivity index (χ0) is 21.6. The van der Waals surface area contributed by atoms with E-state index in [9.17, 15) is 13.2 Å². The fourth-order valence-electron chi connectivity index (χ4n) is 3.25. The molecular formula is C22H28N2O5S. The summed E-state index contributed by atoms with van der Waals surface area (Å²) in [7, 11) is -3.43. The van der Waals surface area contributed by atoms with Crippen LogP contribution in [0.25, 0.3) is 0 Å². The lowest BCUT2D eigenvalue weighted by atomic mass is 10.1. The fourth-order valence-corrected chi connectivity index (χ4v) is 4.21. The lowest BCUT2D eigenvalue weighted by molar-refractivity contribution is -0.121. The molecule has 2 aromatic carbocycles. The van der Waals surface area contributed by atoms with E-state index in [1.54, 1.807) is 12.1 Å². The molecule has 0 bridgehead atoms. The molecular weight excluding hydrogens is 404 g/mol. The Hall–Kier alpha value is -2.74. The summed E-state index contributed by atoms with van der Waals surface area (Å²) in [6, 6.07) is 14.9. The van der Waals surface area contributed by atoms with Crippen LogP contribution in [0.15, 0.2) is 48.5 Å². The first kappa shape index (κ1) is 22.0. The molecule has 2 aromatic rings. The van der Waals surface area contributed by atoms with Crippen molar-refractivity contribution in [2.45, 2.75) is 32.3 Å². The number of carbonyl (C=O) groups is 1. The normalized spacial score (nSPS) is 15.5. The molecule has 1 amide bonds. The second kappa shape index (κ2) is 9.84. The van der Waals surface area contributed by atoms with E-state index in [-0.39, 0.29) is 25.0 Å². The average Bonchev–Trinajstić information content (AvgIpc) is 2.74. The van der Waals surface area contributed by atoms with Gasteiger partial charge in [0.1, 0.15) is 12.7 Å². The van der Waals surface area contributed by atoms with E-state index < -0.39 is 10.0 Å². The van der Waals surface area contributed by atoms with Gasteiger partial charge in [0.25, 0.3) is 0 Å². The van der Waals surface area contributed by atoms with Gasteiger partial charge in [-0.2, -0.15) is 0 Å². The minimum Gasteiger partial charge on any atom is -0.486 e. The molecule has 0 fully saturated rings. The highest BCUT2D eigenvalue weighted by Crippen LogP contribution is 2.30. The van der Waals surface area contributed by atoms with Crippen LogP contribution in [0.2, 0.25) is 0 Å². The van der Waals surface area contributed by atoms with Gasteiger partial charge in [-0.1, -0.05) is 31.2 Å². The van der Waals surface area contributed by atoms with Crippen LogP contribution < -0.4 is 19.1 Å². The predicted molar refractivity (Wildman–Crippen MR) is 117 cm³/mol. The smallest absolute Gasteiger partial charge is 0.232 e. The van der Waals surface area contributed by atoms with Gasteiger partial charge in [-0.25, -0.2) is 8.42 Å². The van der Waals surface area contributed by atoms with Gasteiger partial charge in [-0.05, 0) is 42.7 Å². The first-order chi connectivity index (χ1) is 14.4. The summed E-state index contributed by atoms with van der Waals surface area (Å²) in [4.78, 5) is 12.2.